The molecule has 5 atom stereocenters. The fraction of sp³-hybridized carbons (Fsp3) is 0.722. The van der Waals surface area contributed by atoms with Crippen LogP contribution in [-0.4, -0.2) is 12.6 Å². The monoisotopic (exact) mass is 272 g/mol. The van der Waals surface area contributed by atoms with Gasteiger partial charge >= 0.3 is 5.97 Å². The van der Waals surface area contributed by atoms with Gasteiger partial charge in [-0.1, -0.05) is 25.2 Å². The number of esters is 1. The summed E-state index contributed by atoms with van der Waals surface area (Å²) in [6.07, 6.45) is 12.9. The highest BCUT2D eigenvalue weighted by molar-refractivity contribution is 5.79. The van der Waals surface area contributed by atoms with Crippen LogP contribution in [0.3, 0.4) is 0 Å². The Labute approximate surface area is 121 Å². The molecule has 0 aromatic rings. The van der Waals surface area contributed by atoms with Gasteiger partial charge in [0, 0.05) is 5.92 Å². The van der Waals surface area contributed by atoms with E-state index in [1.807, 2.05) is 0 Å². The molecule has 1 saturated heterocycles. The molecule has 2 nitrogen and oxygen atoms in total. The standard InChI is InChI=1S/C18H24O2/c1-17-9-4-3-5-12(17)6-7-13-14(17)8-10-18(2)15(13)11-20-16(18)19/h3,5-6,13-15H,4,7-11H2,1-2H3/t13-,14+,15+,17+,18+/m1/s1. The fourth-order valence-corrected chi connectivity index (χ4v) is 5.51. The van der Waals surface area contributed by atoms with Crippen molar-refractivity contribution in [3.63, 3.8) is 0 Å². The molecule has 2 heteroatoms. The van der Waals surface area contributed by atoms with Crippen LogP contribution in [0.5, 0.6) is 0 Å². The molecule has 2 fully saturated rings. The van der Waals surface area contributed by atoms with Crippen molar-refractivity contribution in [3.05, 3.63) is 23.8 Å². The molecule has 20 heavy (non-hydrogen) atoms. The minimum Gasteiger partial charge on any atom is -0.465 e. The first kappa shape index (κ1) is 12.7. The summed E-state index contributed by atoms with van der Waals surface area (Å²) in [5.41, 5.74) is 1.69. The van der Waals surface area contributed by atoms with Gasteiger partial charge < -0.3 is 4.74 Å². The Hall–Kier alpha value is -1.05. The Kier molecular flexibility index (Phi) is 2.53. The van der Waals surface area contributed by atoms with Crippen molar-refractivity contribution in [2.45, 2.75) is 46.0 Å². The van der Waals surface area contributed by atoms with Crippen LogP contribution in [0.15, 0.2) is 23.8 Å². The summed E-state index contributed by atoms with van der Waals surface area (Å²) in [6, 6.07) is 0. The summed E-state index contributed by atoms with van der Waals surface area (Å²) in [5, 5.41) is 0. The van der Waals surface area contributed by atoms with Gasteiger partial charge in [-0.05, 0) is 61.9 Å². The summed E-state index contributed by atoms with van der Waals surface area (Å²) in [5.74, 6) is 1.87. The van der Waals surface area contributed by atoms with Crippen LogP contribution >= 0.6 is 0 Å². The number of carbonyl (C=O) groups excluding carboxylic acids is 1. The maximum absolute atomic E-state index is 12.1. The Morgan fingerprint density at radius 1 is 1.20 bits per heavy atom. The number of allylic oxidation sites excluding steroid dienone is 4. The number of carbonyl (C=O) groups is 1. The van der Waals surface area contributed by atoms with E-state index in [4.69, 9.17) is 4.74 Å². The Bertz CT molecular complexity index is 518. The number of hydrogen-bond acceptors (Lipinski definition) is 2. The van der Waals surface area contributed by atoms with Crippen LogP contribution in [-0.2, 0) is 9.53 Å². The minimum absolute atomic E-state index is 0.0596. The van der Waals surface area contributed by atoms with Crippen molar-refractivity contribution in [2.75, 3.05) is 6.61 Å². The van der Waals surface area contributed by atoms with E-state index in [1.165, 1.54) is 19.3 Å². The van der Waals surface area contributed by atoms with Crippen molar-refractivity contribution in [2.24, 2.45) is 28.6 Å². The van der Waals surface area contributed by atoms with Crippen molar-refractivity contribution in [1.82, 2.24) is 0 Å². The normalized spacial score (nSPS) is 49.8. The lowest BCUT2D eigenvalue weighted by molar-refractivity contribution is -0.148. The van der Waals surface area contributed by atoms with Gasteiger partial charge in [0.2, 0.25) is 0 Å². The summed E-state index contributed by atoms with van der Waals surface area (Å²) >= 11 is 0. The topological polar surface area (TPSA) is 26.3 Å². The van der Waals surface area contributed by atoms with E-state index in [2.05, 4.69) is 32.1 Å². The van der Waals surface area contributed by atoms with Crippen molar-refractivity contribution < 1.29 is 9.53 Å². The van der Waals surface area contributed by atoms with Crippen LogP contribution in [0.25, 0.3) is 0 Å². The zero-order valence-electron chi connectivity index (χ0n) is 12.5. The lowest BCUT2D eigenvalue weighted by Crippen LogP contribution is -2.49. The fourth-order valence-electron chi connectivity index (χ4n) is 5.51. The van der Waals surface area contributed by atoms with E-state index >= 15 is 0 Å². The Morgan fingerprint density at radius 3 is 2.90 bits per heavy atom. The molecule has 0 unspecified atom stereocenters. The Morgan fingerprint density at radius 2 is 2.05 bits per heavy atom. The first-order valence-corrected chi connectivity index (χ1v) is 8.10. The molecular weight excluding hydrogens is 248 g/mol. The number of rotatable bonds is 0. The van der Waals surface area contributed by atoms with E-state index < -0.39 is 0 Å². The third kappa shape index (κ3) is 1.43. The summed E-state index contributed by atoms with van der Waals surface area (Å²) in [4.78, 5) is 12.1. The number of fused-ring (bicyclic) bond motifs is 5. The average molecular weight is 272 g/mol. The molecule has 0 aromatic carbocycles. The number of ether oxygens (including phenoxy) is 1. The molecule has 4 rings (SSSR count). The molecule has 1 saturated carbocycles. The molecule has 0 aromatic heterocycles. The molecule has 0 radical (unpaired) electrons. The van der Waals surface area contributed by atoms with Gasteiger partial charge in [0.25, 0.3) is 0 Å². The molecule has 0 amide bonds. The summed E-state index contributed by atoms with van der Waals surface area (Å²) in [6.45, 7) is 5.26. The SMILES string of the molecule is C[C@]12CCC=CC1=CC[C@@H]1[C@@H]2CC[C@]2(C)C(=O)OC[C@@H]12. The molecule has 4 aliphatic rings. The number of hydrogen-bond donors (Lipinski definition) is 0. The lowest BCUT2D eigenvalue weighted by Gasteiger charge is -2.54. The summed E-state index contributed by atoms with van der Waals surface area (Å²) < 4.78 is 5.45. The van der Waals surface area contributed by atoms with Crippen molar-refractivity contribution in [3.8, 4) is 0 Å². The molecule has 3 aliphatic carbocycles. The molecule has 1 aliphatic heterocycles. The van der Waals surface area contributed by atoms with Crippen molar-refractivity contribution >= 4 is 5.97 Å². The van der Waals surface area contributed by atoms with Gasteiger partial charge in [0.15, 0.2) is 0 Å². The second kappa shape index (κ2) is 3.99. The molecule has 0 spiro atoms. The molecule has 108 valence electrons. The molecule has 0 bridgehead atoms. The second-order valence-corrected chi connectivity index (χ2v) is 7.69. The van der Waals surface area contributed by atoms with E-state index in [9.17, 15) is 4.79 Å². The van der Waals surface area contributed by atoms with Crippen LogP contribution in [0.2, 0.25) is 0 Å². The predicted octanol–water partition coefficient (Wildman–Crippen LogP) is 3.88. The van der Waals surface area contributed by atoms with Gasteiger partial charge in [0.1, 0.15) is 0 Å². The van der Waals surface area contributed by atoms with Crippen LogP contribution in [0, 0.1) is 28.6 Å². The molecule has 1 heterocycles. The quantitative estimate of drug-likeness (QED) is 0.626. The van der Waals surface area contributed by atoms with Crippen LogP contribution < -0.4 is 0 Å². The van der Waals surface area contributed by atoms with E-state index in [-0.39, 0.29) is 11.4 Å². The third-order valence-corrected chi connectivity index (χ3v) is 6.90. The number of cyclic esters (lactones) is 1. The average Bonchev–Trinajstić information content (AvgIpc) is 2.74. The molecular formula is C18H24O2. The minimum atomic E-state index is -0.201. The smallest absolute Gasteiger partial charge is 0.312 e. The largest absolute Gasteiger partial charge is 0.465 e. The van der Waals surface area contributed by atoms with Crippen LogP contribution in [0.4, 0.5) is 0 Å². The van der Waals surface area contributed by atoms with Gasteiger partial charge in [-0.3, -0.25) is 4.79 Å². The summed E-state index contributed by atoms with van der Waals surface area (Å²) in [7, 11) is 0. The highest BCUT2D eigenvalue weighted by atomic mass is 16.5. The van der Waals surface area contributed by atoms with Crippen LogP contribution in [0.1, 0.15) is 46.0 Å². The first-order chi connectivity index (χ1) is 9.56. The zero-order valence-corrected chi connectivity index (χ0v) is 12.5. The highest BCUT2D eigenvalue weighted by Crippen LogP contribution is 2.61. The maximum Gasteiger partial charge on any atom is 0.312 e. The van der Waals surface area contributed by atoms with E-state index in [1.54, 1.807) is 5.57 Å². The van der Waals surface area contributed by atoms with E-state index in [0.717, 1.165) is 18.8 Å². The maximum atomic E-state index is 12.1. The van der Waals surface area contributed by atoms with Gasteiger partial charge in [-0.2, -0.15) is 0 Å². The first-order valence-electron chi connectivity index (χ1n) is 8.10. The third-order valence-electron chi connectivity index (χ3n) is 6.90. The van der Waals surface area contributed by atoms with Gasteiger partial charge in [-0.25, -0.2) is 0 Å². The highest BCUT2D eigenvalue weighted by Gasteiger charge is 2.59. The van der Waals surface area contributed by atoms with Crippen molar-refractivity contribution in [1.29, 1.82) is 0 Å². The van der Waals surface area contributed by atoms with Gasteiger partial charge in [0.05, 0.1) is 12.0 Å². The van der Waals surface area contributed by atoms with Gasteiger partial charge in [-0.15, -0.1) is 0 Å². The van der Waals surface area contributed by atoms with E-state index in [0.29, 0.717) is 23.9 Å². The molecule has 0 N–H and O–H groups in total. The predicted molar refractivity (Wildman–Crippen MR) is 78.0 cm³/mol. The Balaban J connectivity index is 1.74. The zero-order chi connectivity index (χ0) is 14.0. The second-order valence-electron chi connectivity index (χ2n) is 7.69. The lowest BCUT2D eigenvalue weighted by atomic mass is 9.49.